The van der Waals surface area contributed by atoms with Gasteiger partial charge in [-0.1, -0.05) is 6.07 Å². The van der Waals surface area contributed by atoms with E-state index in [2.05, 4.69) is 4.99 Å². The third-order valence-electron chi connectivity index (χ3n) is 1.43. The summed E-state index contributed by atoms with van der Waals surface area (Å²) in [5, 5.41) is 8.16. The first-order chi connectivity index (χ1) is 5.74. The Balaban J connectivity index is 2.89. The molecular formula is C8H9FN2O. The minimum atomic E-state index is -0.303. The van der Waals surface area contributed by atoms with E-state index < -0.39 is 0 Å². The number of hydrogen-bond donors (Lipinski definition) is 2. The summed E-state index contributed by atoms with van der Waals surface area (Å²) >= 11 is 0. The number of hydrogen-bond acceptors (Lipinski definition) is 2. The summed E-state index contributed by atoms with van der Waals surface area (Å²) in [4.78, 5) is 3.70. The SMILES string of the molecule is Cc1ccc(N=CNO)cc1F. The average Bonchev–Trinajstić information content (AvgIpc) is 2.07. The molecule has 4 heteroatoms. The van der Waals surface area contributed by atoms with Crippen molar-refractivity contribution < 1.29 is 9.60 Å². The first-order valence-corrected chi connectivity index (χ1v) is 3.42. The molecule has 0 aliphatic carbocycles. The summed E-state index contributed by atoms with van der Waals surface area (Å²) in [5.74, 6) is -0.303. The number of hydroxylamine groups is 1. The molecule has 0 radical (unpaired) electrons. The Kier molecular flexibility index (Phi) is 2.76. The topological polar surface area (TPSA) is 44.6 Å². The predicted molar refractivity (Wildman–Crippen MR) is 44.2 cm³/mol. The van der Waals surface area contributed by atoms with Crippen molar-refractivity contribution >= 4 is 12.0 Å². The summed E-state index contributed by atoms with van der Waals surface area (Å²) in [5.41, 5.74) is 2.77. The summed E-state index contributed by atoms with van der Waals surface area (Å²) in [6, 6.07) is 4.58. The van der Waals surface area contributed by atoms with Gasteiger partial charge in [0.2, 0.25) is 0 Å². The van der Waals surface area contributed by atoms with Crippen LogP contribution in [0.4, 0.5) is 10.1 Å². The molecule has 1 aromatic rings. The monoisotopic (exact) mass is 168 g/mol. The molecule has 1 aromatic carbocycles. The van der Waals surface area contributed by atoms with Crippen LogP contribution in [0.3, 0.4) is 0 Å². The van der Waals surface area contributed by atoms with Gasteiger partial charge in [-0.3, -0.25) is 10.7 Å². The van der Waals surface area contributed by atoms with Gasteiger partial charge in [-0.25, -0.2) is 9.38 Å². The molecule has 0 amide bonds. The second-order valence-corrected chi connectivity index (χ2v) is 2.32. The van der Waals surface area contributed by atoms with Crippen molar-refractivity contribution in [3.05, 3.63) is 29.6 Å². The molecule has 2 N–H and O–H groups in total. The number of aryl methyl sites for hydroxylation is 1. The number of rotatable bonds is 2. The lowest BCUT2D eigenvalue weighted by Crippen LogP contribution is -2.00. The van der Waals surface area contributed by atoms with Crippen LogP contribution in [0.2, 0.25) is 0 Å². The second-order valence-electron chi connectivity index (χ2n) is 2.32. The highest BCUT2D eigenvalue weighted by Crippen LogP contribution is 2.15. The zero-order valence-corrected chi connectivity index (χ0v) is 6.58. The zero-order chi connectivity index (χ0) is 8.97. The van der Waals surface area contributed by atoms with Crippen LogP contribution in [0, 0.1) is 12.7 Å². The first-order valence-electron chi connectivity index (χ1n) is 3.42. The standard InChI is InChI=1S/C8H9FN2O/c1-6-2-3-7(4-8(6)9)10-5-11-12/h2-5,12H,1H3,(H,10,11). The van der Waals surface area contributed by atoms with Crippen LogP contribution in [0.5, 0.6) is 0 Å². The molecule has 0 aliphatic heterocycles. The van der Waals surface area contributed by atoms with E-state index in [1.807, 2.05) is 0 Å². The van der Waals surface area contributed by atoms with Gasteiger partial charge in [-0.05, 0) is 24.6 Å². The predicted octanol–water partition coefficient (Wildman–Crippen LogP) is 1.77. The molecule has 0 aromatic heterocycles. The smallest absolute Gasteiger partial charge is 0.128 e. The highest BCUT2D eigenvalue weighted by Gasteiger charge is 1.96. The van der Waals surface area contributed by atoms with Gasteiger partial charge in [0.05, 0.1) is 5.69 Å². The van der Waals surface area contributed by atoms with Gasteiger partial charge in [0, 0.05) is 0 Å². The third-order valence-corrected chi connectivity index (χ3v) is 1.43. The quantitative estimate of drug-likeness (QED) is 0.401. The van der Waals surface area contributed by atoms with Crippen LogP contribution < -0.4 is 5.48 Å². The molecule has 0 saturated carbocycles. The van der Waals surface area contributed by atoms with E-state index in [9.17, 15) is 4.39 Å². The summed E-state index contributed by atoms with van der Waals surface area (Å²) in [6.45, 7) is 1.67. The Hall–Kier alpha value is -1.42. The highest BCUT2D eigenvalue weighted by molar-refractivity contribution is 5.59. The number of nitrogens with zero attached hydrogens (tertiary/aromatic N) is 1. The van der Waals surface area contributed by atoms with Gasteiger partial charge >= 0.3 is 0 Å². The van der Waals surface area contributed by atoms with Crippen molar-refractivity contribution in [3.8, 4) is 0 Å². The van der Waals surface area contributed by atoms with E-state index >= 15 is 0 Å². The van der Waals surface area contributed by atoms with E-state index in [4.69, 9.17) is 5.21 Å². The van der Waals surface area contributed by atoms with Crippen molar-refractivity contribution in [1.29, 1.82) is 0 Å². The lowest BCUT2D eigenvalue weighted by atomic mass is 10.2. The molecule has 0 unspecified atom stereocenters. The normalized spacial score (nSPS) is 10.6. The van der Waals surface area contributed by atoms with Gasteiger partial charge in [-0.15, -0.1) is 0 Å². The summed E-state index contributed by atoms with van der Waals surface area (Å²) in [6.07, 6.45) is 1.07. The molecule has 12 heavy (non-hydrogen) atoms. The zero-order valence-electron chi connectivity index (χ0n) is 6.58. The Morgan fingerprint density at radius 2 is 2.33 bits per heavy atom. The molecule has 0 saturated heterocycles. The van der Waals surface area contributed by atoms with Crippen LogP contribution in [0.1, 0.15) is 5.56 Å². The number of nitrogens with one attached hydrogen (secondary N) is 1. The maximum absolute atomic E-state index is 12.8. The molecule has 0 fully saturated rings. The lowest BCUT2D eigenvalue weighted by Gasteiger charge is -1.96. The third kappa shape index (κ3) is 2.03. The minimum Gasteiger partial charge on any atom is -0.290 e. The van der Waals surface area contributed by atoms with Gasteiger partial charge in [0.1, 0.15) is 12.2 Å². The minimum absolute atomic E-state index is 0.303. The molecule has 3 nitrogen and oxygen atoms in total. The Labute approximate surface area is 69.5 Å². The Bertz CT molecular complexity index is 299. The Morgan fingerprint density at radius 1 is 1.58 bits per heavy atom. The van der Waals surface area contributed by atoms with Crippen LogP contribution >= 0.6 is 0 Å². The Morgan fingerprint density at radius 3 is 2.92 bits per heavy atom. The molecule has 64 valence electrons. The molecular weight excluding hydrogens is 159 g/mol. The van der Waals surface area contributed by atoms with Crippen LogP contribution in [-0.4, -0.2) is 11.5 Å². The van der Waals surface area contributed by atoms with Crippen molar-refractivity contribution in [1.82, 2.24) is 5.48 Å². The lowest BCUT2D eigenvalue weighted by molar-refractivity contribution is 0.240. The van der Waals surface area contributed by atoms with Crippen molar-refractivity contribution in [2.45, 2.75) is 6.92 Å². The fourth-order valence-electron chi connectivity index (χ4n) is 0.765. The molecule has 0 aliphatic rings. The van der Waals surface area contributed by atoms with E-state index in [0.717, 1.165) is 6.34 Å². The largest absolute Gasteiger partial charge is 0.290 e. The van der Waals surface area contributed by atoms with Crippen LogP contribution in [0.25, 0.3) is 0 Å². The van der Waals surface area contributed by atoms with E-state index in [0.29, 0.717) is 11.3 Å². The van der Waals surface area contributed by atoms with Crippen molar-refractivity contribution in [2.75, 3.05) is 0 Å². The average molecular weight is 168 g/mol. The van der Waals surface area contributed by atoms with E-state index in [1.165, 1.54) is 6.07 Å². The molecule has 1 rings (SSSR count). The highest BCUT2D eigenvalue weighted by atomic mass is 19.1. The number of halogens is 1. The molecule has 0 spiro atoms. The fourth-order valence-corrected chi connectivity index (χ4v) is 0.765. The van der Waals surface area contributed by atoms with Gasteiger partial charge in [-0.2, -0.15) is 0 Å². The van der Waals surface area contributed by atoms with Crippen molar-refractivity contribution in [3.63, 3.8) is 0 Å². The van der Waals surface area contributed by atoms with Gasteiger partial charge < -0.3 is 0 Å². The maximum Gasteiger partial charge on any atom is 0.128 e. The number of benzene rings is 1. The second kappa shape index (κ2) is 3.82. The molecule has 0 atom stereocenters. The molecule has 0 heterocycles. The van der Waals surface area contributed by atoms with E-state index in [1.54, 1.807) is 24.5 Å². The van der Waals surface area contributed by atoms with Gasteiger partial charge in [0.25, 0.3) is 0 Å². The fraction of sp³-hybridized carbons (Fsp3) is 0.125. The van der Waals surface area contributed by atoms with E-state index in [-0.39, 0.29) is 5.82 Å². The number of aliphatic imine (C=N–C) groups is 1. The van der Waals surface area contributed by atoms with Gasteiger partial charge in [0.15, 0.2) is 0 Å². The first kappa shape index (κ1) is 8.67. The van der Waals surface area contributed by atoms with Crippen LogP contribution in [0.15, 0.2) is 23.2 Å². The molecule has 0 bridgehead atoms. The maximum atomic E-state index is 12.8. The summed E-state index contributed by atoms with van der Waals surface area (Å²) in [7, 11) is 0. The summed E-state index contributed by atoms with van der Waals surface area (Å²) < 4.78 is 12.8. The van der Waals surface area contributed by atoms with Crippen molar-refractivity contribution in [2.24, 2.45) is 4.99 Å². The van der Waals surface area contributed by atoms with Crippen LogP contribution in [-0.2, 0) is 0 Å².